The van der Waals surface area contributed by atoms with Crippen molar-refractivity contribution in [3.05, 3.63) is 33.3 Å². The second-order valence-electron chi connectivity index (χ2n) is 3.09. The minimum atomic E-state index is -4.57. The fourth-order valence-corrected chi connectivity index (χ4v) is 1.79. The first-order chi connectivity index (χ1) is 7.27. The van der Waals surface area contributed by atoms with Crippen molar-refractivity contribution >= 4 is 28.0 Å². The zero-order valence-corrected chi connectivity index (χ0v) is 9.65. The van der Waals surface area contributed by atoms with E-state index in [9.17, 15) is 22.8 Å². The maximum atomic E-state index is 12.5. The quantitative estimate of drug-likeness (QED) is 0.618. The van der Waals surface area contributed by atoms with E-state index in [1.54, 1.807) is 0 Å². The van der Waals surface area contributed by atoms with Gasteiger partial charge in [-0.2, -0.15) is 13.2 Å². The number of benzene rings is 1. The van der Waals surface area contributed by atoms with Crippen LogP contribution in [0.5, 0.6) is 0 Å². The van der Waals surface area contributed by atoms with Gasteiger partial charge in [0.05, 0.1) is 5.56 Å². The van der Waals surface area contributed by atoms with Gasteiger partial charge in [-0.1, -0.05) is 15.9 Å². The van der Waals surface area contributed by atoms with Crippen molar-refractivity contribution in [3.63, 3.8) is 0 Å². The van der Waals surface area contributed by atoms with Crippen LogP contribution in [0.3, 0.4) is 0 Å². The molecule has 1 aromatic rings. The van der Waals surface area contributed by atoms with E-state index in [2.05, 4.69) is 15.9 Å². The number of carbonyl (C=O) groups is 2. The summed E-state index contributed by atoms with van der Waals surface area (Å²) in [5.41, 5.74) is -1.26. The molecule has 0 aliphatic rings. The first-order valence-electron chi connectivity index (χ1n) is 4.14. The summed E-state index contributed by atoms with van der Waals surface area (Å²) in [6.07, 6.45) is -4.22. The number of hydrogen-bond acceptors (Lipinski definition) is 2. The van der Waals surface area contributed by atoms with Gasteiger partial charge in [0, 0.05) is 15.6 Å². The fourth-order valence-electron chi connectivity index (χ4n) is 1.21. The molecular weight excluding hydrogens is 289 g/mol. The first-order valence-corrected chi connectivity index (χ1v) is 4.93. The van der Waals surface area contributed by atoms with Crippen molar-refractivity contribution in [1.82, 2.24) is 0 Å². The molecular formula is C10H6BrF3O2. The average Bonchev–Trinajstić information content (AvgIpc) is 2.14. The van der Waals surface area contributed by atoms with E-state index in [1.165, 1.54) is 0 Å². The molecule has 0 saturated heterocycles. The number of carbonyl (C=O) groups excluding carboxylic acids is 2. The summed E-state index contributed by atoms with van der Waals surface area (Å²) < 4.78 is 37.2. The van der Waals surface area contributed by atoms with Crippen LogP contribution in [0.1, 0.15) is 33.2 Å². The van der Waals surface area contributed by atoms with Gasteiger partial charge in [-0.15, -0.1) is 0 Å². The van der Waals surface area contributed by atoms with Crippen molar-refractivity contribution in [2.75, 3.05) is 0 Å². The Morgan fingerprint density at radius 2 is 1.94 bits per heavy atom. The van der Waals surface area contributed by atoms with Crippen molar-refractivity contribution in [2.45, 2.75) is 13.1 Å². The molecule has 1 rings (SSSR count). The number of halogens is 4. The Morgan fingerprint density at radius 3 is 2.31 bits per heavy atom. The molecule has 0 amide bonds. The molecule has 6 heteroatoms. The molecule has 0 fully saturated rings. The Balaban J connectivity index is 3.51. The van der Waals surface area contributed by atoms with E-state index in [-0.39, 0.29) is 15.6 Å². The second kappa shape index (κ2) is 4.37. The number of ketones is 1. The molecule has 0 aromatic heterocycles. The van der Waals surface area contributed by atoms with Crippen LogP contribution in [-0.2, 0) is 6.18 Å². The lowest BCUT2D eigenvalue weighted by Gasteiger charge is -2.11. The van der Waals surface area contributed by atoms with E-state index in [0.717, 1.165) is 13.0 Å². The van der Waals surface area contributed by atoms with Crippen LogP contribution >= 0.6 is 15.9 Å². The van der Waals surface area contributed by atoms with E-state index in [0.29, 0.717) is 12.4 Å². The monoisotopic (exact) mass is 294 g/mol. The molecule has 0 spiro atoms. The third-order valence-corrected chi connectivity index (χ3v) is 2.61. The zero-order chi connectivity index (χ0) is 12.5. The maximum Gasteiger partial charge on any atom is 0.417 e. The van der Waals surface area contributed by atoms with Crippen LogP contribution in [0.2, 0.25) is 0 Å². The average molecular weight is 295 g/mol. The highest BCUT2D eigenvalue weighted by atomic mass is 79.9. The minimum Gasteiger partial charge on any atom is -0.298 e. The largest absolute Gasteiger partial charge is 0.417 e. The van der Waals surface area contributed by atoms with Crippen LogP contribution in [0.4, 0.5) is 13.2 Å². The molecule has 0 aliphatic heterocycles. The molecule has 0 bridgehead atoms. The van der Waals surface area contributed by atoms with E-state index >= 15 is 0 Å². The molecule has 0 atom stereocenters. The van der Waals surface area contributed by atoms with Crippen LogP contribution in [0, 0.1) is 0 Å². The lowest BCUT2D eigenvalue weighted by atomic mass is 10.0. The summed E-state index contributed by atoms with van der Waals surface area (Å²) in [7, 11) is 0. The summed E-state index contributed by atoms with van der Waals surface area (Å²) in [5.74, 6) is -0.583. The molecule has 1 aromatic carbocycles. The molecule has 0 N–H and O–H groups in total. The topological polar surface area (TPSA) is 34.1 Å². The normalized spacial score (nSPS) is 11.3. The van der Waals surface area contributed by atoms with Gasteiger partial charge in [0.25, 0.3) is 0 Å². The molecule has 86 valence electrons. The first kappa shape index (κ1) is 12.9. The highest BCUT2D eigenvalue weighted by Crippen LogP contribution is 2.36. The summed E-state index contributed by atoms with van der Waals surface area (Å²) in [6.45, 7) is 1.11. The Hall–Kier alpha value is -1.17. The van der Waals surface area contributed by atoms with Gasteiger partial charge in [0.1, 0.15) is 0 Å². The number of aldehydes is 1. The summed E-state index contributed by atoms with van der Waals surface area (Å²) in [6, 6.07) is 1.67. The molecule has 0 saturated carbocycles. The Labute approximate surface area is 97.6 Å². The van der Waals surface area contributed by atoms with Crippen LogP contribution in [0.15, 0.2) is 16.6 Å². The summed E-state index contributed by atoms with van der Waals surface area (Å²) >= 11 is 2.72. The zero-order valence-electron chi connectivity index (χ0n) is 8.06. The third-order valence-electron chi connectivity index (χ3n) is 1.95. The van der Waals surface area contributed by atoms with Gasteiger partial charge in [0.15, 0.2) is 12.1 Å². The lowest BCUT2D eigenvalue weighted by Crippen LogP contribution is -2.10. The van der Waals surface area contributed by atoms with Crippen molar-refractivity contribution in [1.29, 1.82) is 0 Å². The number of alkyl halides is 3. The van der Waals surface area contributed by atoms with Crippen molar-refractivity contribution < 1.29 is 22.8 Å². The number of Topliss-reactive ketones (excluding diaryl/α,β-unsaturated/α-hetero) is 1. The van der Waals surface area contributed by atoms with E-state index in [1.807, 2.05) is 0 Å². The highest BCUT2D eigenvalue weighted by molar-refractivity contribution is 9.10. The van der Waals surface area contributed by atoms with Gasteiger partial charge < -0.3 is 0 Å². The molecule has 0 radical (unpaired) electrons. The van der Waals surface area contributed by atoms with Crippen molar-refractivity contribution in [2.24, 2.45) is 0 Å². The third kappa shape index (κ3) is 2.49. The number of rotatable bonds is 2. The van der Waals surface area contributed by atoms with E-state index < -0.39 is 17.5 Å². The summed E-state index contributed by atoms with van der Waals surface area (Å²) in [4.78, 5) is 21.7. The summed E-state index contributed by atoms with van der Waals surface area (Å²) in [5, 5.41) is 0. The van der Waals surface area contributed by atoms with Gasteiger partial charge in [-0.25, -0.2) is 0 Å². The standard InChI is InChI=1S/C10H6BrF3O2/c1-5(16)7-3-8(10(12,13)14)9(11)2-6(7)4-15/h2-4H,1H3. The predicted molar refractivity (Wildman–Crippen MR) is 54.5 cm³/mol. The van der Waals surface area contributed by atoms with Gasteiger partial charge >= 0.3 is 6.18 Å². The molecule has 16 heavy (non-hydrogen) atoms. The predicted octanol–water partition coefficient (Wildman–Crippen LogP) is 3.48. The second-order valence-corrected chi connectivity index (χ2v) is 3.95. The lowest BCUT2D eigenvalue weighted by molar-refractivity contribution is -0.138. The van der Waals surface area contributed by atoms with E-state index in [4.69, 9.17) is 0 Å². The van der Waals surface area contributed by atoms with Gasteiger partial charge in [0.2, 0.25) is 0 Å². The van der Waals surface area contributed by atoms with Crippen LogP contribution < -0.4 is 0 Å². The highest BCUT2D eigenvalue weighted by Gasteiger charge is 2.34. The Morgan fingerprint density at radius 1 is 1.38 bits per heavy atom. The Bertz CT molecular complexity index is 452. The SMILES string of the molecule is CC(=O)c1cc(C(F)(F)F)c(Br)cc1C=O. The molecule has 0 unspecified atom stereocenters. The van der Waals surface area contributed by atoms with Crippen LogP contribution in [-0.4, -0.2) is 12.1 Å². The fraction of sp³-hybridized carbons (Fsp3) is 0.200. The van der Waals surface area contributed by atoms with Gasteiger partial charge in [-0.05, 0) is 19.1 Å². The minimum absolute atomic E-state index is 0.0626. The van der Waals surface area contributed by atoms with Gasteiger partial charge in [-0.3, -0.25) is 9.59 Å². The number of hydrogen-bond donors (Lipinski definition) is 0. The smallest absolute Gasteiger partial charge is 0.298 e. The molecule has 2 nitrogen and oxygen atoms in total. The molecule has 0 heterocycles. The molecule has 0 aliphatic carbocycles. The maximum absolute atomic E-state index is 12.5. The van der Waals surface area contributed by atoms with Crippen molar-refractivity contribution in [3.8, 4) is 0 Å². The Kier molecular flexibility index (Phi) is 3.52. The van der Waals surface area contributed by atoms with Crippen LogP contribution in [0.25, 0.3) is 0 Å².